The van der Waals surface area contributed by atoms with E-state index in [0.717, 1.165) is 5.56 Å². The van der Waals surface area contributed by atoms with Gasteiger partial charge < -0.3 is 24.1 Å². The van der Waals surface area contributed by atoms with Gasteiger partial charge in [-0.3, -0.25) is 0 Å². The average Bonchev–Trinajstić information content (AvgIpc) is 2.74. The molecule has 0 saturated carbocycles. The molecule has 2 aromatic carbocycles. The Kier molecular flexibility index (Phi) is 6.29. The zero-order chi connectivity index (χ0) is 20.3. The van der Waals surface area contributed by atoms with Gasteiger partial charge in [0.05, 0.1) is 24.2 Å². The topological polar surface area (TPSA) is 91.3 Å². The van der Waals surface area contributed by atoms with E-state index in [9.17, 15) is 13.5 Å². The number of aliphatic hydroxyl groups is 1. The van der Waals surface area contributed by atoms with Gasteiger partial charge in [0.1, 0.15) is 18.0 Å². The molecule has 2 fully saturated rings. The Morgan fingerprint density at radius 2 is 1.69 bits per heavy atom. The lowest BCUT2D eigenvalue weighted by atomic mass is 10.0. The van der Waals surface area contributed by atoms with Gasteiger partial charge in [0.2, 0.25) is 0 Å². The van der Waals surface area contributed by atoms with E-state index >= 15 is 0 Å². The lowest BCUT2D eigenvalue weighted by Gasteiger charge is -2.44. The second kappa shape index (κ2) is 8.91. The van der Waals surface area contributed by atoms with Crippen molar-refractivity contribution in [3.63, 3.8) is 0 Å². The summed E-state index contributed by atoms with van der Waals surface area (Å²) in [5.41, 5.74) is 1.01. The SMILES string of the molecule is O=S(=O)(CC1OC[C@H]2OC(OCc3ccccc3)C[C@@H](O)[C@@H]2O1)c1ccccc1. The second-order valence-corrected chi connectivity index (χ2v) is 9.20. The van der Waals surface area contributed by atoms with E-state index in [1.165, 1.54) is 12.1 Å². The van der Waals surface area contributed by atoms with E-state index in [0.29, 0.717) is 6.61 Å². The van der Waals surface area contributed by atoms with Gasteiger partial charge in [-0.2, -0.15) is 0 Å². The number of aliphatic hydroxyl groups excluding tert-OH is 1. The molecule has 0 spiro atoms. The highest BCUT2D eigenvalue weighted by Crippen LogP contribution is 2.30. The van der Waals surface area contributed by atoms with Crippen molar-refractivity contribution >= 4 is 9.84 Å². The Labute approximate surface area is 170 Å². The van der Waals surface area contributed by atoms with Crippen LogP contribution in [0.25, 0.3) is 0 Å². The van der Waals surface area contributed by atoms with Crippen molar-refractivity contribution < 1.29 is 32.5 Å². The van der Waals surface area contributed by atoms with Crippen molar-refractivity contribution in [1.82, 2.24) is 0 Å². The molecule has 0 radical (unpaired) electrons. The molecule has 4 rings (SSSR count). The minimum atomic E-state index is -3.56. The molecule has 29 heavy (non-hydrogen) atoms. The average molecular weight is 420 g/mol. The zero-order valence-electron chi connectivity index (χ0n) is 15.8. The van der Waals surface area contributed by atoms with Crippen LogP contribution in [0.4, 0.5) is 0 Å². The summed E-state index contributed by atoms with van der Waals surface area (Å²) in [7, 11) is -3.56. The molecule has 2 aliphatic heterocycles. The summed E-state index contributed by atoms with van der Waals surface area (Å²) in [6, 6.07) is 17.8. The fraction of sp³-hybridized carbons (Fsp3) is 0.429. The fourth-order valence-corrected chi connectivity index (χ4v) is 4.79. The van der Waals surface area contributed by atoms with Crippen LogP contribution in [-0.2, 0) is 35.4 Å². The van der Waals surface area contributed by atoms with E-state index < -0.39 is 40.7 Å². The predicted molar refractivity (Wildman–Crippen MR) is 104 cm³/mol. The Hall–Kier alpha value is -1.81. The van der Waals surface area contributed by atoms with Crippen molar-refractivity contribution in [3.8, 4) is 0 Å². The smallest absolute Gasteiger partial charge is 0.183 e. The molecule has 156 valence electrons. The van der Waals surface area contributed by atoms with Gasteiger partial charge in [0.15, 0.2) is 22.4 Å². The van der Waals surface area contributed by atoms with Crippen LogP contribution in [0.2, 0.25) is 0 Å². The Morgan fingerprint density at radius 3 is 2.41 bits per heavy atom. The molecule has 2 unspecified atom stereocenters. The molecule has 0 bridgehead atoms. The fourth-order valence-electron chi connectivity index (χ4n) is 3.50. The van der Waals surface area contributed by atoms with Crippen LogP contribution in [0.1, 0.15) is 12.0 Å². The van der Waals surface area contributed by atoms with E-state index in [1.807, 2.05) is 30.3 Å². The number of hydrogen-bond acceptors (Lipinski definition) is 7. The van der Waals surface area contributed by atoms with E-state index in [4.69, 9.17) is 18.9 Å². The van der Waals surface area contributed by atoms with E-state index in [-0.39, 0.29) is 23.7 Å². The third kappa shape index (κ3) is 5.03. The van der Waals surface area contributed by atoms with Crippen molar-refractivity contribution in [2.24, 2.45) is 0 Å². The molecule has 2 aromatic rings. The minimum absolute atomic E-state index is 0.127. The quantitative estimate of drug-likeness (QED) is 0.763. The summed E-state index contributed by atoms with van der Waals surface area (Å²) in [6.45, 7) is 0.497. The summed E-state index contributed by atoms with van der Waals surface area (Å²) in [6.07, 6.45) is -3.30. The lowest BCUT2D eigenvalue weighted by molar-refractivity contribution is -0.331. The predicted octanol–water partition coefficient (Wildman–Crippen LogP) is 1.89. The standard InChI is InChI=1S/C21H24O7S/c22-17-11-19(25-12-15-7-3-1-4-8-15)27-18-13-26-20(28-21(17)18)14-29(23,24)16-9-5-2-6-10-16/h1-10,17-22H,11-14H2/t17-,18-,19?,20?,21+/m1/s1. The van der Waals surface area contributed by atoms with Crippen LogP contribution in [0.15, 0.2) is 65.6 Å². The number of rotatable bonds is 6. The molecule has 0 aromatic heterocycles. The molecule has 0 aliphatic carbocycles. The van der Waals surface area contributed by atoms with Gasteiger partial charge in [-0.1, -0.05) is 48.5 Å². The third-order valence-electron chi connectivity index (χ3n) is 5.00. The molecule has 1 N–H and O–H groups in total. The first-order chi connectivity index (χ1) is 14.0. The number of ether oxygens (including phenoxy) is 4. The van der Waals surface area contributed by atoms with E-state index in [2.05, 4.69) is 0 Å². The molecular weight excluding hydrogens is 396 g/mol. The molecule has 2 heterocycles. The second-order valence-electron chi connectivity index (χ2n) is 7.16. The zero-order valence-corrected chi connectivity index (χ0v) is 16.6. The normalized spacial score (nSPS) is 29.9. The van der Waals surface area contributed by atoms with Crippen molar-refractivity contribution in [2.45, 2.75) is 48.8 Å². The first kappa shape index (κ1) is 20.5. The maximum Gasteiger partial charge on any atom is 0.183 e. The van der Waals surface area contributed by atoms with Crippen LogP contribution in [0.5, 0.6) is 0 Å². The molecule has 7 nitrogen and oxygen atoms in total. The number of sulfone groups is 1. The van der Waals surface area contributed by atoms with Crippen LogP contribution in [-0.4, -0.2) is 56.8 Å². The van der Waals surface area contributed by atoms with Crippen LogP contribution < -0.4 is 0 Å². The molecule has 5 atom stereocenters. The third-order valence-corrected chi connectivity index (χ3v) is 6.70. The summed E-state index contributed by atoms with van der Waals surface area (Å²) in [5, 5.41) is 10.5. The highest BCUT2D eigenvalue weighted by atomic mass is 32.2. The molecular formula is C21H24O7S. The van der Waals surface area contributed by atoms with Gasteiger partial charge in [-0.25, -0.2) is 8.42 Å². The van der Waals surface area contributed by atoms with Crippen molar-refractivity contribution in [2.75, 3.05) is 12.4 Å². The summed E-state index contributed by atoms with van der Waals surface area (Å²) in [4.78, 5) is 0.212. The first-order valence-corrected chi connectivity index (χ1v) is 11.2. The summed E-state index contributed by atoms with van der Waals surface area (Å²) >= 11 is 0. The van der Waals surface area contributed by atoms with Gasteiger partial charge in [0, 0.05) is 6.42 Å². The van der Waals surface area contributed by atoms with Gasteiger partial charge in [-0.05, 0) is 17.7 Å². The van der Waals surface area contributed by atoms with Crippen LogP contribution >= 0.6 is 0 Å². The molecule has 8 heteroatoms. The van der Waals surface area contributed by atoms with Gasteiger partial charge in [-0.15, -0.1) is 0 Å². The summed E-state index contributed by atoms with van der Waals surface area (Å²) in [5.74, 6) is -0.319. The van der Waals surface area contributed by atoms with Crippen molar-refractivity contribution in [1.29, 1.82) is 0 Å². The molecule has 2 aliphatic rings. The Bertz CT molecular complexity index is 888. The number of fused-ring (bicyclic) bond motifs is 1. The monoisotopic (exact) mass is 420 g/mol. The van der Waals surface area contributed by atoms with E-state index in [1.54, 1.807) is 18.2 Å². The molecule has 2 saturated heterocycles. The van der Waals surface area contributed by atoms with Crippen LogP contribution in [0.3, 0.4) is 0 Å². The maximum atomic E-state index is 12.5. The summed E-state index contributed by atoms with van der Waals surface area (Å²) < 4.78 is 48.0. The lowest BCUT2D eigenvalue weighted by Crippen LogP contribution is -2.57. The van der Waals surface area contributed by atoms with Crippen LogP contribution in [0, 0.1) is 0 Å². The number of benzene rings is 2. The largest absolute Gasteiger partial charge is 0.390 e. The highest BCUT2D eigenvalue weighted by molar-refractivity contribution is 7.91. The maximum absolute atomic E-state index is 12.5. The minimum Gasteiger partial charge on any atom is -0.390 e. The highest BCUT2D eigenvalue weighted by Gasteiger charge is 2.44. The van der Waals surface area contributed by atoms with Gasteiger partial charge in [0.25, 0.3) is 0 Å². The number of hydrogen-bond donors (Lipinski definition) is 1. The van der Waals surface area contributed by atoms with Crippen molar-refractivity contribution in [3.05, 3.63) is 66.2 Å². The molecule has 0 amide bonds. The Morgan fingerprint density at radius 1 is 1.00 bits per heavy atom. The Balaban J connectivity index is 1.33. The van der Waals surface area contributed by atoms with Gasteiger partial charge >= 0.3 is 0 Å². The first-order valence-electron chi connectivity index (χ1n) is 9.55.